The minimum absolute atomic E-state index is 0.0526. The highest BCUT2D eigenvalue weighted by Crippen LogP contribution is 2.18. The highest BCUT2D eigenvalue weighted by molar-refractivity contribution is 7.71. The van der Waals surface area contributed by atoms with E-state index >= 15 is 0 Å². The number of carbonyl (C=O) groups is 1. The molecule has 0 saturated carbocycles. The molecule has 2 aromatic heterocycles. The molecule has 130 valence electrons. The molecule has 1 aliphatic heterocycles. The smallest absolute Gasteiger partial charge is 0.225 e. The molecule has 0 spiro atoms. The van der Waals surface area contributed by atoms with Gasteiger partial charge in [-0.3, -0.25) is 9.69 Å². The lowest BCUT2D eigenvalue weighted by Crippen LogP contribution is -2.50. The van der Waals surface area contributed by atoms with E-state index in [9.17, 15) is 4.79 Å². The van der Waals surface area contributed by atoms with Gasteiger partial charge in [0.05, 0.1) is 12.9 Å². The van der Waals surface area contributed by atoms with Crippen LogP contribution in [-0.4, -0.2) is 56.2 Å². The monoisotopic (exact) mass is 349 g/mol. The van der Waals surface area contributed by atoms with Crippen LogP contribution < -0.4 is 0 Å². The van der Waals surface area contributed by atoms with Gasteiger partial charge in [-0.2, -0.15) is 0 Å². The number of hydrogen-bond acceptors (Lipinski definition) is 5. The largest absolute Gasteiger partial charge is 0.461 e. The van der Waals surface area contributed by atoms with Gasteiger partial charge >= 0.3 is 0 Å². The first-order valence-corrected chi connectivity index (χ1v) is 8.57. The fourth-order valence-electron chi connectivity index (χ4n) is 2.86. The minimum atomic E-state index is 0.0526. The van der Waals surface area contributed by atoms with E-state index in [1.54, 1.807) is 6.26 Å². The molecule has 7 nitrogen and oxygen atoms in total. The summed E-state index contributed by atoms with van der Waals surface area (Å²) in [6.45, 7) is 7.66. The summed E-state index contributed by atoms with van der Waals surface area (Å²) >= 11 is 5.49. The van der Waals surface area contributed by atoms with Gasteiger partial charge in [-0.05, 0) is 24.4 Å². The maximum atomic E-state index is 12.1. The van der Waals surface area contributed by atoms with Crippen molar-refractivity contribution in [3.05, 3.63) is 23.2 Å². The van der Waals surface area contributed by atoms with Gasteiger partial charge in [0.1, 0.15) is 0 Å². The molecule has 0 radical (unpaired) electrons. The lowest BCUT2D eigenvalue weighted by Gasteiger charge is -2.35. The Bertz CT molecular complexity index is 754. The van der Waals surface area contributed by atoms with Crippen LogP contribution in [0.5, 0.6) is 0 Å². The molecule has 24 heavy (non-hydrogen) atoms. The van der Waals surface area contributed by atoms with Crippen molar-refractivity contribution in [3.8, 4) is 11.6 Å². The summed E-state index contributed by atoms with van der Waals surface area (Å²) in [6, 6.07) is 3.71. The van der Waals surface area contributed by atoms with E-state index < -0.39 is 0 Å². The van der Waals surface area contributed by atoms with Gasteiger partial charge in [0.15, 0.2) is 16.4 Å². The van der Waals surface area contributed by atoms with E-state index in [0.29, 0.717) is 17.2 Å². The quantitative estimate of drug-likeness (QED) is 0.790. The molecule has 0 N–H and O–H groups in total. The molecule has 0 unspecified atom stereocenters. The molecule has 3 rings (SSSR count). The molecule has 1 amide bonds. The molecule has 1 saturated heterocycles. The number of aromatic nitrogens is 3. The first-order chi connectivity index (χ1) is 11.5. The van der Waals surface area contributed by atoms with E-state index in [0.717, 1.165) is 32.0 Å². The Labute approximate surface area is 146 Å². The van der Waals surface area contributed by atoms with Crippen LogP contribution in [0.4, 0.5) is 0 Å². The second-order valence-corrected chi connectivity index (χ2v) is 6.75. The zero-order chi connectivity index (χ0) is 17.3. The van der Waals surface area contributed by atoms with Crippen molar-refractivity contribution in [1.82, 2.24) is 24.1 Å². The molecular formula is C16H23N5O2S. The number of hydrogen-bond donors (Lipinski definition) is 0. The summed E-state index contributed by atoms with van der Waals surface area (Å²) in [7, 11) is 1.89. The van der Waals surface area contributed by atoms with Gasteiger partial charge in [-0.15, -0.1) is 5.10 Å². The van der Waals surface area contributed by atoms with Gasteiger partial charge < -0.3 is 13.9 Å². The van der Waals surface area contributed by atoms with Gasteiger partial charge in [0, 0.05) is 39.1 Å². The Morgan fingerprint density at radius 2 is 2.04 bits per heavy atom. The average molecular weight is 349 g/mol. The number of nitrogens with zero attached hydrogens (tertiary/aromatic N) is 5. The molecule has 1 aliphatic rings. The summed E-state index contributed by atoms with van der Waals surface area (Å²) in [6.07, 6.45) is 1.63. The van der Waals surface area contributed by atoms with Gasteiger partial charge in [0.25, 0.3) is 0 Å². The molecule has 0 atom stereocenters. The van der Waals surface area contributed by atoms with Crippen LogP contribution >= 0.6 is 12.2 Å². The van der Waals surface area contributed by atoms with Crippen molar-refractivity contribution in [3.63, 3.8) is 0 Å². The second kappa shape index (κ2) is 6.90. The molecule has 8 heteroatoms. The SMILES string of the molecule is CC(C)C(=O)N1CCN(Cn2nc(-c3ccco3)n(C)c2=S)CC1. The van der Waals surface area contributed by atoms with Crippen molar-refractivity contribution < 1.29 is 9.21 Å². The third-order valence-electron chi connectivity index (χ3n) is 4.29. The summed E-state index contributed by atoms with van der Waals surface area (Å²) in [4.78, 5) is 16.3. The summed E-state index contributed by atoms with van der Waals surface area (Å²) in [5.74, 6) is 1.70. The third kappa shape index (κ3) is 3.29. The van der Waals surface area contributed by atoms with Crippen molar-refractivity contribution >= 4 is 18.1 Å². The average Bonchev–Trinajstić information content (AvgIpc) is 3.19. The molecule has 0 aromatic carbocycles. The topological polar surface area (TPSA) is 59.4 Å². The van der Waals surface area contributed by atoms with Crippen LogP contribution in [0.1, 0.15) is 13.8 Å². The second-order valence-electron chi connectivity index (χ2n) is 6.38. The number of piperazine rings is 1. The Hall–Kier alpha value is -1.93. The van der Waals surface area contributed by atoms with E-state index in [1.807, 2.05) is 47.2 Å². The van der Waals surface area contributed by atoms with E-state index in [1.165, 1.54) is 0 Å². The third-order valence-corrected chi connectivity index (χ3v) is 4.78. The van der Waals surface area contributed by atoms with Crippen molar-refractivity contribution in [2.45, 2.75) is 20.5 Å². The van der Waals surface area contributed by atoms with E-state index in [-0.39, 0.29) is 11.8 Å². The fourth-order valence-corrected chi connectivity index (χ4v) is 3.05. The van der Waals surface area contributed by atoms with E-state index in [2.05, 4.69) is 10.00 Å². The lowest BCUT2D eigenvalue weighted by molar-refractivity contribution is -0.136. The Morgan fingerprint density at radius 1 is 1.33 bits per heavy atom. The Morgan fingerprint density at radius 3 is 2.62 bits per heavy atom. The number of rotatable bonds is 4. The highest BCUT2D eigenvalue weighted by Gasteiger charge is 2.23. The molecule has 2 aromatic rings. The van der Waals surface area contributed by atoms with Crippen LogP contribution in [0, 0.1) is 10.7 Å². The predicted octanol–water partition coefficient (Wildman–Crippen LogP) is 1.97. The predicted molar refractivity (Wildman–Crippen MR) is 92.7 cm³/mol. The van der Waals surface area contributed by atoms with Crippen molar-refractivity contribution in [2.75, 3.05) is 26.2 Å². The number of furan rings is 1. The number of amides is 1. The van der Waals surface area contributed by atoms with Gasteiger partial charge in [-0.25, -0.2) is 4.68 Å². The minimum Gasteiger partial charge on any atom is -0.461 e. The van der Waals surface area contributed by atoms with Gasteiger partial charge in [0.2, 0.25) is 5.91 Å². The van der Waals surface area contributed by atoms with Crippen LogP contribution in [0.15, 0.2) is 22.8 Å². The Balaban J connectivity index is 1.67. The standard InChI is InChI=1S/C16H23N5O2S/c1-12(2)15(22)20-8-6-19(7-9-20)11-21-16(24)18(3)14(17-21)13-5-4-10-23-13/h4-5,10,12H,6-9,11H2,1-3H3. The van der Waals surface area contributed by atoms with Gasteiger partial charge in [-0.1, -0.05) is 13.8 Å². The van der Waals surface area contributed by atoms with Crippen LogP contribution in [0.2, 0.25) is 0 Å². The van der Waals surface area contributed by atoms with Crippen LogP contribution in [-0.2, 0) is 18.5 Å². The fraction of sp³-hybridized carbons (Fsp3) is 0.562. The maximum Gasteiger partial charge on any atom is 0.225 e. The molecular weight excluding hydrogens is 326 g/mol. The van der Waals surface area contributed by atoms with Crippen molar-refractivity contribution in [1.29, 1.82) is 0 Å². The number of carbonyl (C=O) groups excluding carboxylic acids is 1. The highest BCUT2D eigenvalue weighted by atomic mass is 32.1. The van der Waals surface area contributed by atoms with Crippen LogP contribution in [0.3, 0.4) is 0 Å². The normalized spacial score (nSPS) is 16.1. The zero-order valence-corrected chi connectivity index (χ0v) is 15.1. The van der Waals surface area contributed by atoms with Crippen LogP contribution in [0.25, 0.3) is 11.6 Å². The van der Waals surface area contributed by atoms with E-state index in [4.69, 9.17) is 16.6 Å². The Kier molecular flexibility index (Phi) is 4.86. The maximum absolute atomic E-state index is 12.1. The molecule has 0 bridgehead atoms. The zero-order valence-electron chi connectivity index (χ0n) is 14.3. The molecule has 0 aliphatic carbocycles. The first kappa shape index (κ1) is 16.9. The summed E-state index contributed by atoms with van der Waals surface area (Å²) < 4.78 is 9.74. The molecule has 3 heterocycles. The summed E-state index contributed by atoms with van der Waals surface area (Å²) in [5, 5.41) is 4.59. The van der Waals surface area contributed by atoms with Crippen molar-refractivity contribution in [2.24, 2.45) is 13.0 Å². The summed E-state index contributed by atoms with van der Waals surface area (Å²) in [5.41, 5.74) is 0. The molecule has 1 fully saturated rings. The first-order valence-electron chi connectivity index (χ1n) is 8.16. The lowest BCUT2D eigenvalue weighted by atomic mass is 10.1.